The number of methoxy groups -OCH3 is 1. The Kier molecular flexibility index (Phi) is 9.87. The average molecular weight is 535 g/mol. The minimum atomic E-state index is -0.969. The summed E-state index contributed by atoms with van der Waals surface area (Å²) in [5, 5.41) is 9.53. The highest BCUT2D eigenvalue weighted by Crippen LogP contribution is 2.33. The number of aromatic nitrogens is 1. The predicted octanol–water partition coefficient (Wildman–Crippen LogP) is 5.35. The van der Waals surface area contributed by atoms with Crippen molar-refractivity contribution in [2.75, 3.05) is 17.3 Å². The van der Waals surface area contributed by atoms with Gasteiger partial charge < -0.3 is 19.9 Å². The lowest BCUT2D eigenvalue weighted by Gasteiger charge is -2.35. The van der Waals surface area contributed by atoms with Crippen molar-refractivity contribution in [3.63, 3.8) is 0 Å². The smallest absolute Gasteiger partial charge is 0.248 e. The Bertz CT molecular complexity index is 1280. The molecule has 3 aromatic rings. The van der Waals surface area contributed by atoms with Crippen molar-refractivity contribution in [3.8, 4) is 5.75 Å². The molecular formula is C30H38N4O5. The molecule has 0 aliphatic carbocycles. The van der Waals surface area contributed by atoms with E-state index < -0.39 is 11.6 Å². The first-order chi connectivity index (χ1) is 18.6. The molecule has 2 aromatic carbocycles. The van der Waals surface area contributed by atoms with Crippen LogP contribution in [0.3, 0.4) is 0 Å². The summed E-state index contributed by atoms with van der Waals surface area (Å²) in [7, 11) is 1.57. The third-order valence-electron chi connectivity index (χ3n) is 6.65. The largest absolute Gasteiger partial charge is 0.497 e. The number of amides is 3. The maximum Gasteiger partial charge on any atom is 0.248 e. The van der Waals surface area contributed by atoms with Crippen LogP contribution in [0.5, 0.6) is 5.75 Å². The van der Waals surface area contributed by atoms with Gasteiger partial charge in [0.25, 0.3) is 0 Å². The number of ether oxygens (including phenoxy) is 1. The SMILES string of the molecule is CCc1ccccc1N(C(=O)CCC(=O)Nc1cc(C)on1)[C@@H](C(=O)NC(C)(C)CC)c1ccc(OC)cc1. The van der Waals surface area contributed by atoms with Gasteiger partial charge in [-0.3, -0.25) is 19.3 Å². The van der Waals surface area contributed by atoms with Gasteiger partial charge in [0.15, 0.2) is 5.82 Å². The van der Waals surface area contributed by atoms with Crippen molar-refractivity contribution in [2.24, 2.45) is 0 Å². The van der Waals surface area contributed by atoms with Gasteiger partial charge in [-0.2, -0.15) is 0 Å². The Labute approximate surface area is 229 Å². The summed E-state index contributed by atoms with van der Waals surface area (Å²) < 4.78 is 10.3. The Morgan fingerprint density at radius 2 is 1.74 bits per heavy atom. The van der Waals surface area contributed by atoms with Crippen LogP contribution in [0.4, 0.5) is 11.5 Å². The predicted molar refractivity (Wildman–Crippen MR) is 151 cm³/mol. The van der Waals surface area contributed by atoms with Crippen LogP contribution in [0.2, 0.25) is 0 Å². The number of benzene rings is 2. The van der Waals surface area contributed by atoms with Crippen LogP contribution in [0.15, 0.2) is 59.1 Å². The van der Waals surface area contributed by atoms with Crippen LogP contribution in [0.1, 0.15) is 69.9 Å². The van der Waals surface area contributed by atoms with E-state index in [0.717, 1.165) is 5.56 Å². The molecule has 0 saturated carbocycles. The van der Waals surface area contributed by atoms with E-state index in [1.54, 1.807) is 44.4 Å². The van der Waals surface area contributed by atoms with Crippen LogP contribution in [-0.2, 0) is 20.8 Å². The molecule has 208 valence electrons. The van der Waals surface area contributed by atoms with Gasteiger partial charge in [-0.05, 0) is 62.9 Å². The third kappa shape index (κ3) is 7.69. The molecule has 0 unspecified atom stereocenters. The van der Waals surface area contributed by atoms with E-state index in [2.05, 4.69) is 15.8 Å². The Hall–Kier alpha value is -4.14. The first-order valence-electron chi connectivity index (χ1n) is 13.2. The average Bonchev–Trinajstić information content (AvgIpc) is 3.34. The summed E-state index contributed by atoms with van der Waals surface area (Å²) in [5.41, 5.74) is 1.68. The van der Waals surface area contributed by atoms with Gasteiger partial charge in [-0.25, -0.2) is 0 Å². The lowest BCUT2D eigenvalue weighted by molar-refractivity contribution is -0.128. The highest BCUT2D eigenvalue weighted by molar-refractivity contribution is 6.03. The van der Waals surface area contributed by atoms with Crippen molar-refractivity contribution in [2.45, 2.75) is 71.9 Å². The van der Waals surface area contributed by atoms with Gasteiger partial charge in [0.1, 0.15) is 17.6 Å². The van der Waals surface area contributed by atoms with E-state index in [-0.39, 0.29) is 36.4 Å². The van der Waals surface area contributed by atoms with Crippen molar-refractivity contribution < 1.29 is 23.6 Å². The molecule has 39 heavy (non-hydrogen) atoms. The van der Waals surface area contributed by atoms with Crippen molar-refractivity contribution in [1.82, 2.24) is 10.5 Å². The number of aryl methyl sites for hydroxylation is 2. The van der Waals surface area contributed by atoms with Crippen molar-refractivity contribution in [3.05, 3.63) is 71.5 Å². The molecule has 0 aliphatic rings. The van der Waals surface area contributed by atoms with Crippen LogP contribution in [-0.4, -0.2) is 35.5 Å². The van der Waals surface area contributed by atoms with E-state index >= 15 is 0 Å². The minimum Gasteiger partial charge on any atom is -0.497 e. The second-order valence-corrected chi connectivity index (χ2v) is 10.0. The quantitative estimate of drug-likeness (QED) is 0.324. The zero-order chi connectivity index (χ0) is 28.6. The highest BCUT2D eigenvalue weighted by atomic mass is 16.5. The van der Waals surface area contributed by atoms with Crippen LogP contribution in [0, 0.1) is 6.92 Å². The third-order valence-corrected chi connectivity index (χ3v) is 6.65. The second kappa shape index (κ2) is 13.1. The molecule has 0 aliphatic heterocycles. The fourth-order valence-corrected chi connectivity index (χ4v) is 4.13. The first kappa shape index (κ1) is 29.4. The zero-order valence-corrected chi connectivity index (χ0v) is 23.5. The molecule has 0 bridgehead atoms. The maximum atomic E-state index is 14.0. The van der Waals surface area contributed by atoms with Crippen molar-refractivity contribution in [1.29, 1.82) is 0 Å². The number of nitrogens with one attached hydrogen (secondary N) is 2. The summed E-state index contributed by atoms with van der Waals surface area (Å²) >= 11 is 0. The molecule has 1 aromatic heterocycles. The molecule has 1 heterocycles. The fraction of sp³-hybridized carbons (Fsp3) is 0.400. The number of carbonyl (C=O) groups is 3. The number of hydrogen-bond acceptors (Lipinski definition) is 6. The zero-order valence-electron chi connectivity index (χ0n) is 23.5. The van der Waals surface area contributed by atoms with Gasteiger partial charge in [-0.1, -0.05) is 49.3 Å². The molecule has 9 heteroatoms. The summed E-state index contributed by atoms with van der Waals surface area (Å²) in [5.74, 6) is 0.445. The number of carbonyl (C=O) groups excluding carboxylic acids is 3. The molecule has 1 atom stereocenters. The van der Waals surface area contributed by atoms with E-state index in [1.165, 1.54) is 4.90 Å². The van der Waals surface area contributed by atoms with Crippen LogP contribution in [0.25, 0.3) is 0 Å². The Morgan fingerprint density at radius 3 is 2.33 bits per heavy atom. The Morgan fingerprint density at radius 1 is 1.05 bits per heavy atom. The summed E-state index contributed by atoms with van der Waals surface area (Å²) in [6.45, 7) is 9.60. The lowest BCUT2D eigenvalue weighted by Crippen LogP contribution is -2.50. The Balaban J connectivity index is 2.01. The van der Waals surface area contributed by atoms with Gasteiger partial charge in [0.2, 0.25) is 17.7 Å². The molecule has 3 amide bonds. The van der Waals surface area contributed by atoms with Gasteiger partial charge in [0.05, 0.1) is 7.11 Å². The number of nitrogens with zero attached hydrogens (tertiary/aromatic N) is 2. The van der Waals surface area contributed by atoms with Gasteiger partial charge in [0, 0.05) is 30.1 Å². The molecule has 0 spiro atoms. The summed E-state index contributed by atoms with van der Waals surface area (Å²) in [6, 6.07) is 15.3. The normalized spacial score (nSPS) is 11.9. The standard InChI is InChI=1S/C30H38N4O5/c1-7-21-11-9-10-12-24(21)34(27(36)18-17-26(35)31-25-19-20(3)39-33-25)28(29(37)32-30(4,5)8-2)22-13-15-23(38-6)16-14-22/h9-16,19,28H,7-8,17-18H2,1-6H3,(H,32,37)(H,31,33,35)/t28-/m1/s1. The number of para-hydroxylation sites is 1. The first-order valence-corrected chi connectivity index (χ1v) is 13.2. The van der Waals surface area contributed by atoms with E-state index in [1.807, 2.05) is 52.0 Å². The number of hydrogen-bond donors (Lipinski definition) is 2. The molecule has 0 radical (unpaired) electrons. The second-order valence-electron chi connectivity index (χ2n) is 10.0. The van der Waals surface area contributed by atoms with E-state index in [4.69, 9.17) is 9.26 Å². The minimum absolute atomic E-state index is 0.0903. The fourth-order valence-electron chi connectivity index (χ4n) is 4.13. The van der Waals surface area contributed by atoms with Gasteiger partial charge >= 0.3 is 0 Å². The topological polar surface area (TPSA) is 114 Å². The molecule has 0 fully saturated rings. The maximum absolute atomic E-state index is 14.0. The highest BCUT2D eigenvalue weighted by Gasteiger charge is 2.35. The molecule has 2 N–H and O–H groups in total. The molecule has 9 nitrogen and oxygen atoms in total. The molecular weight excluding hydrogens is 496 g/mol. The number of rotatable bonds is 12. The van der Waals surface area contributed by atoms with E-state index in [9.17, 15) is 14.4 Å². The van der Waals surface area contributed by atoms with Crippen LogP contribution < -0.4 is 20.3 Å². The van der Waals surface area contributed by atoms with Gasteiger partial charge in [-0.15, -0.1) is 0 Å². The van der Waals surface area contributed by atoms with E-state index in [0.29, 0.717) is 35.6 Å². The lowest BCUT2D eigenvalue weighted by atomic mass is 9.97. The number of anilines is 2. The summed E-state index contributed by atoms with van der Waals surface area (Å²) in [4.78, 5) is 42.0. The molecule has 3 rings (SSSR count). The summed E-state index contributed by atoms with van der Waals surface area (Å²) in [6.07, 6.45) is 1.16. The monoisotopic (exact) mass is 534 g/mol. The van der Waals surface area contributed by atoms with Crippen molar-refractivity contribution >= 4 is 29.2 Å². The van der Waals surface area contributed by atoms with Crippen LogP contribution >= 0.6 is 0 Å². The molecule has 0 saturated heterocycles.